The number of hydrogen-bond donors (Lipinski definition) is 0. The van der Waals surface area contributed by atoms with Crippen molar-refractivity contribution in [2.75, 3.05) is 0 Å². The summed E-state index contributed by atoms with van der Waals surface area (Å²) in [6.45, 7) is 5.33. The maximum atomic E-state index is 8.37. The fraction of sp³-hybridized carbons (Fsp3) is 0.571. The SMILES string of the molecule is CC#CC(C)(C)C#N. The molecule has 0 radical (unpaired) electrons. The third-order valence-electron chi connectivity index (χ3n) is 0.717. The van der Waals surface area contributed by atoms with Crippen molar-refractivity contribution >= 4 is 0 Å². The van der Waals surface area contributed by atoms with E-state index in [0.717, 1.165) is 0 Å². The molecule has 0 fully saturated rings. The van der Waals surface area contributed by atoms with Gasteiger partial charge >= 0.3 is 0 Å². The van der Waals surface area contributed by atoms with Crippen molar-refractivity contribution in [1.82, 2.24) is 0 Å². The van der Waals surface area contributed by atoms with Crippen molar-refractivity contribution in [1.29, 1.82) is 5.26 Å². The van der Waals surface area contributed by atoms with Crippen molar-refractivity contribution in [3.05, 3.63) is 0 Å². The van der Waals surface area contributed by atoms with Crippen LogP contribution in [0.15, 0.2) is 0 Å². The predicted molar refractivity (Wildman–Crippen MR) is 32.8 cm³/mol. The molecule has 1 heteroatoms. The summed E-state index contributed by atoms with van der Waals surface area (Å²) >= 11 is 0. The monoisotopic (exact) mass is 107 g/mol. The van der Waals surface area contributed by atoms with E-state index in [1.165, 1.54) is 0 Å². The molecule has 0 aromatic rings. The highest BCUT2D eigenvalue weighted by Gasteiger charge is 2.10. The van der Waals surface area contributed by atoms with Crippen LogP contribution in [0.1, 0.15) is 20.8 Å². The minimum Gasteiger partial charge on any atom is -0.197 e. The van der Waals surface area contributed by atoms with Crippen molar-refractivity contribution in [3.8, 4) is 17.9 Å². The molecule has 0 aliphatic heterocycles. The molecule has 0 aromatic carbocycles. The lowest BCUT2D eigenvalue weighted by molar-refractivity contribution is 0.673. The van der Waals surface area contributed by atoms with Gasteiger partial charge in [0, 0.05) is 0 Å². The quantitative estimate of drug-likeness (QED) is 0.431. The molecule has 0 bridgehead atoms. The second kappa shape index (κ2) is 2.38. The van der Waals surface area contributed by atoms with Crippen LogP contribution in [0.4, 0.5) is 0 Å². The van der Waals surface area contributed by atoms with Crippen LogP contribution >= 0.6 is 0 Å². The van der Waals surface area contributed by atoms with Crippen molar-refractivity contribution < 1.29 is 0 Å². The van der Waals surface area contributed by atoms with Crippen LogP contribution in [0.3, 0.4) is 0 Å². The van der Waals surface area contributed by atoms with Crippen molar-refractivity contribution in [2.45, 2.75) is 20.8 Å². The Bertz CT molecular complexity index is 161. The highest BCUT2D eigenvalue weighted by atomic mass is 14.3. The second-order valence-corrected chi connectivity index (χ2v) is 2.11. The highest BCUT2D eigenvalue weighted by molar-refractivity contribution is 5.16. The van der Waals surface area contributed by atoms with E-state index >= 15 is 0 Å². The molecule has 0 aromatic heterocycles. The zero-order valence-corrected chi connectivity index (χ0v) is 5.45. The lowest BCUT2D eigenvalue weighted by Crippen LogP contribution is -2.02. The van der Waals surface area contributed by atoms with Crippen LogP contribution in [-0.2, 0) is 0 Å². The van der Waals surface area contributed by atoms with E-state index < -0.39 is 5.41 Å². The molecule has 1 nitrogen and oxygen atoms in total. The Kier molecular flexibility index (Phi) is 2.10. The highest BCUT2D eigenvalue weighted by Crippen LogP contribution is 2.09. The number of hydrogen-bond acceptors (Lipinski definition) is 1. The molecule has 0 saturated heterocycles. The first kappa shape index (κ1) is 7.05. The molecule has 0 unspecified atom stereocenters. The molecule has 0 aliphatic rings. The van der Waals surface area contributed by atoms with Gasteiger partial charge in [-0.05, 0) is 20.8 Å². The van der Waals surface area contributed by atoms with E-state index in [1.54, 1.807) is 20.8 Å². The fourth-order valence-corrected chi connectivity index (χ4v) is 0.340. The van der Waals surface area contributed by atoms with Gasteiger partial charge in [-0.2, -0.15) is 5.26 Å². The van der Waals surface area contributed by atoms with Gasteiger partial charge in [-0.3, -0.25) is 0 Å². The first-order valence-electron chi connectivity index (χ1n) is 2.47. The molecular formula is C7H9N. The van der Waals surface area contributed by atoms with E-state index in [4.69, 9.17) is 5.26 Å². The Morgan fingerprint density at radius 2 is 1.88 bits per heavy atom. The predicted octanol–water partition coefficient (Wildman–Crippen LogP) is 1.56. The normalized spacial score (nSPS) is 8.75. The molecule has 0 rings (SSSR count). The first-order chi connectivity index (χ1) is 3.62. The Labute approximate surface area is 50.3 Å². The average Bonchev–Trinajstić information content (AvgIpc) is 1.67. The summed E-state index contributed by atoms with van der Waals surface area (Å²) in [4.78, 5) is 0. The smallest absolute Gasteiger partial charge is 0.112 e. The Hall–Kier alpha value is -0.950. The van der Waals surface area contributed by atoms with E-state index in [-0.39, 0.29) is 0 Å². The van der Waals surface area contributed by atoms with E-state index in [2.05, 4.69) is 17.9 Å². The number of nitrogens with zero attached hydrogens (tertiary/aromatic N) is 1. The largest absolute Gasteiger partial charge is 0.197 e. The summed E-state index contributed by atoms with van der Waals surface area (Å²) in [5, 5.41) is 8.37. The van der Waals surface area contributed by atoms with Gasteiger partial charge in [-0.1, -0.05) is 5.92 Å². The Morgan fingerprint density at radius 1 is 1.38 bits per heavy atom. The molecule has 8 heavy (non-hydrogen) atoms. The van der Waals surface area contributed by atoms with Crippen molar-refractivity contribution in [2.24, 2.45) is 5.41 Å². The summed E-state index contributed by atoms with van der Waals surface area (Å²) in [5.41, 5.74) is -0.464. The maximum Gasteiger partial charge on any atom is 0.112 e. The molecule has 0 atom stereocenters. The Morgan fingerprint density at radius 3 is 2.00 bits per heavy atom. The molecule has 0 spiro atoms. The van der Waals surface area contributed by atoms with E-state index in [9.17, 15) is 0 Å². The van der Waals surface area contributed by atoms with Gasteiger partial charge in [0.1, 0.15) is 5.41 Å². The third kappa shape index (κ3) is 2.26. The van der Waals surface area contributed by atoms with Crippen LogP contribution in [0.25, 0.3) is 0 Å². The summed E-state index contributed by atoms with van der Waals surface area (Å²) in [5.74, 6) is 5.45. The summed E-state index contributed by atoms with van der Waals surface area (Å²) in [7, 11) is 0. The van der Waals surface area contributed by atoms with Gasteiger partial charge in [-0.15, -0.1) is 5.92 Å². The molecule has 0 heterocycles. The summed E-state index contributed by atoms with van der Waals surface area (Å²) in [6, 6.07) is 2.07. The lowest BCUT2D eigenvalue weighted by atomic mass is 9.97. The zero-order chi connectivity index (χ0) is 6.62. The van der Waals surface area contributed by atoms with Gasteiger partial charge in [-0.25, -0.2) is 0 Å². The molecule has 0 amide bonds. The van der Waals surface area contributed by atoms with Gasteiger partial charge < -0.3 is 0 Å². The molecule has 0 aliphatic carbocycles. The lowest BCUT2D eigenvalue weighted by Gasteiger charge is -2.01. The molecule has 0 saturated carbocycles. The standard InChI is InChI=1S/C7H9N/c1-4-5-7(2,3)6-8/h1-3H3. The first-order valence-corrected chi connectivity index (χ1v) is 2.47. The molecular weight excluding hydrogens is 98.1 g/mol. The van der Waals surface area contributed by atoms with E-state index in [1.807, 2.05) is 0 Å². The van der Waals surface area contributed by atoms with Crippen LogP contribution < -0.4 is 0 Å². The summed E-state index contributed by atoms with van der Waals surface area (Å²) in [6.07, 6.45) is 0. The minimum absolute atomic E-state index is 0.464. The van der Waals surface area contributed by atoms with Gasteiger partial charge in [0.15, 0.2) is 0 Å². The third-order valence-corrected chi connectivity index (χ3v) is 0.717. The van der Waals surface area contributed by atoms with Gasteiger partial charge in [0.2, 0.25) is 0 Å². The number of nitriles is 1. The van der Waals surface area contributed by atoms with Crippen molar-refractivity contribution in [3.63, 3.8) is 0 Å². The zero-order valence-electron chi connectivity index (χ0n) is 5.45. The average molecular weight is 107 g/mol. The fourth-order valence-electron chi connectivity index (χ4n) is 0.340. The van der Waals surface area contributed by atoms with Crippen LogP contribution in [0.5, 0.6) is 0 Å². The van der Waals surface area contributed by atoms with Crippen LogP contribution in [0.2, 0.25) is 0 Å². The summed E-state index contributed by atoms with van der Waals surface area (Å²) < 4.78 is 0. The molecule has 42 valence electrons. The van der Waals surface area contributed by atoms with E-state index in [0.29, 0.717) is 0 Å². The van der Waals surface area contributed by atoms with Crippen LogP contribution in [0, 0.1) is 28.6 Å². The van der Waals surface area contributed by atoms with Gasteiger partial charge in [0.05, 0.1) is 6.07 Å². The molecule has 0 N–H and O–H groups in total. The number of rotatable bonds is 0. The van der Waals surface area contributed by atoms with Crippen LogP contribution in [-0.4, -0.2) is 0 Å². The minimum atomic E-state index is -0.464. The topological polar surface area (TPSA) is 23.8 Å². The second-order valence-electron chi connectivity index (χ2n) is 2.11. The maximum absolute atomic E-state index is 8.37. The Balaban J connectivity index is 4.12. The van der Waals surface area contributed by atoms with Gasteiger partial charge in [0.25, 0.3) is 0 Å².